The Labute approximate surface area is 74.0 Å². The lowest BCUT2D eigenvalue weighted by atomic mass is 10.2. The van der Waals surface area contributed by atoms with E-state index in [1.807, 2.05) is 0 Å². The van der Waals surface area contributed by atoms with Crippen molar-refractivity contribution in [3.8, 4) is 0 Å². The minimum Gasteiger partial charge on any atom is -0.285 e. The van der Waals surface area contributed by atoms with E-state index in [0.717, 1.165) is 13.0 Å². The fraction of sp³-hybridized carbons (Fsp3) is 0.250. The monoisotopic (exact) mass is 244 g/mol. The molecule has 0 fully saturated rings. The Kier molecular flexibility index (Phi) is 1.56. The van der Waals surface area contributed by atoms with Gasteiger partial charge in [0.1, 0.15) is 0 Å². The lowest BCUT2D eigenvalue weighted by Gasteiger charge is -1.97. The molecule has 10 heavy (non-hydrogen) atoms. The van der Waals surface area contributed by atoms with Gasteiger partial charge < -0.3 is 0 Å². The van der Waals surface area contributed by atoms with E-state index in [0.29, 0.717) is 0 Å². The van der Waals surface area contributed by atoms with Crippen molar-refractivity contribution in [2.75, 3.05) is 6.54 Å². The number of rotatable bonds is 0. The normalized spacial score (nSPS) is 14.5. The average Bonchev–Trinajstić information content (AvgIpc) is 2.36. The van der Waals surface area contributed by atoms with Gasteiger partial charge in [-0.25, -0.2) is 0 Å². The van der Waals surface area contributed by atoms with Crippen LogP contribution in [-0.4, -0.2) is 6.54 Å². The van der Waals surface area contributed by atoms with E-state index >= 15 is 0 Å². The predicted octanol–water partition coefficient (Wildman–Crippen LogP) is 2.08. The molecule has 0 saturated heterocycles. The molecule has 0 aliphatic carbocycles. The van der Waals surface area contributed by atoms with Crippen LogP contribution in [0.1, 0.15) is 5.56 Å². The molecule has 0 spiro atoms. The predicted molar refractivity (Wildman–Crippen MR) is 49.5 cm³/mol. The van der Waals surface area contributed by atoms with Crippen molar-refractivity contribution in [2.24, 2.45) is 0 Å². The van der Waals surface area contributed by atoms with Crippen molar-refractivity contribution in [1.29, 1.82) is 0 Å². The summed E-state index contributed by atoms with van der Waals surface area (Å²) in [7, 11) is 0. The van der Waals surface area contributed by atoms with Crippen molar-refractivity contribution in [3.05, 3.63) is 27.3 Å². The van der Waals surface area contributed by atoms with Gasteiger partial charge in [0.15, 0.2) is 0 Å². The topological polar surface area (TPSA) is 14.1 Å². The summed E-state index contributed by atoms with van der Waals surface area (Å²) in [6.45, 7) is 0.981. The molecule has 0 aromatic heterocycles. The first-order valence-electron chi connectivity index (χ1n) is 3.33. The zero-order chi connectivity index (χ0) is 6.97. The fourth-order valence-electron chi connectivity index (χ4n) is 1.23. The molecule has 2 rings (SSSR count). The first-order valence-corrected chi connectivity index (χ1v) is 4.41. The third kappa shape index (κ3) is 0.905. The van der Waals surface area contributed by atoms with Crippen LogP contribution in [0.25, 0.3) is 0 Å². The lowest BCUT2D eigenvalue weighted by Crippen LogP contribution is -1.88. The summed E-state index contributed by atoms with van der Waals surface area (Å²) < 4.78 is 1.36. The molecule has 1 radical (unpaired) electrons. The summed E-state index contributed by atoms with van der Waals surface area (Å²) >= 11 is 2.37. The SMILES string of the molecule is Ic1cccc2c1CC[N]2. The summed E-state index contributed by atoms with van der Waals surface area (Å²) in [5.74, 6) is 0. The van der Waals surface area contributed by atoms with E-state index in [9.17, 15) is 0 Å². The lowest BCUT2D eigenvalue weighted by molar-refractivity contribution is 0.908. The van der Waals surface area contributed by atoms with Crippen LogP contribution in [0.3, 0.4) is 0 Å². The number of fused-ring (bicyclic) bond motifs is 1. The molecule has 2 heteroatoms. The average molecular weight is 244 g/mol. The fourth-order valence-corrected chi connectivity index (χ4v) is 1.98. The third-order valence-electron chi connectivity index (χ3n) is 1.74. The van der Waals surface area contributed by atoms with Gasteiger partial charge in [0, 0.05) is 10.1 Å². The van der Waals surface area contributed by atoms with Crippen LogP contribution in [0, 0.1) is 3.57 Å². The van der Waals surface area contributed by atoms with E-state index in [1.54, 1.807) is 0 Å². The second kappa shape index (κ2) is 2.42. The van der Waals surface area contributed by atoms with Crippen LogP contribution >= 0.6 is 22.6 Å². The summed E-state index contributed by atoms with van der Waals surface area (Å²) in [4.78, 5) is 0. The van der Waals surface area contributed by atoms with Crippen LogP contribution < -0.4 is 5.32 Å². The molecule has 1 aliphatic heterocycles. The first kappa shape index (κ1) is 6.46. The van der Waals surface area contributed by atoms with Gasteiger partial charge >= 0.3 is 0 Å². The highest BCUT2D eigenvalue weighted by atomic mass is 127. The maximum atomic E-state index is 4.36. The molecule has 1 nitrogen and oxygen atoms in total. The maximum Gasteiger partial charge on any atom is 0.0617 e. The van der Waals surface area contributed by atoms with Crippen LogP contribution in [0.2, 0.25) is 0 Å². The Hall–Kier alpha value is -0.250. The summed E-state index contributed by atoms with van der Waals surface area (Å²) in [6, 6.07) is 6.29. The smallest absolute Gasteiger partial charge is 0.0617 e. The molecule has 1 aromatic rings. The summed E-state index contributed by atoms with van der Waals surface area (Å²) in [5.41, 5.74) is 2.63. The van der Waals surface area contributed by atoms with E-state index in [-0.39, 0.29) is 0 Å². The van der Waals surface area contributed by atoms with Crippen molar-refractivity contribution < 1.29 is 0 Å². The van der Waals surface area contributed by atoms with Crippen LogP contribution in [0.15, 0.2) is 18.2 Å². The minimum atomic E-state index is 0.981. The summed E-state index contributed by atoms with van der Waals surface area (Å²) in [6.07, 6.45) is 1.13. The molecule has 0 unspecified atom stereocenters. The number of halogens is 1. The molecule has 0 N–H and O–H groups in total. The molecule has 0 bridgehead atoms. The van der Waals surface area contributed by atoms with Gasteiger partial charge in [-0.15, -0.1) is 0 Å². The molecular formula is C8H7IN. The number of nitrogens with zero attached hydrogens (tertiary/aromatic N) is 1. The second-order valence-electron chi connectivity index (χ2n) is 2.37. The Morgan fingerprint density at radius 2 is 2.30 bits per heavy atom. The first-order chi connectivity index (χ1) is 4.88. The number of hydrogen-bond acceptors (Lipinski definition) is 0. The van der Waals surface area contributed by atoms with Gasteiger partial charge in [-0.1, -0.05) is 6.07 Å². The van der Waals surface area contributed by atoms with Gasteiger partial charge in [-0.2, -0.15) is 0 Å². The van der Waals surface area contributed by atoms with Crippen LogP contribution in [0.5, 0.6) is 0 Å². The van der Waals surface area contributed by atoms with Crippen molar-refractivity contribution in [2.45, 2.75) is 6.42 Å². The van der Waals surface area contributed by atoms with E-state index in [4.69, 9.17) is 0 Å². The standard InChI is InChI=1S/C8H7IN/c9-7-2-1-3-8-6(7)4-5-10-8/h1-3H,4-5H2. The zero-order valence-corrected chi connectivity index (χ0v) is 7.63. The highest BCUT2D eigenvalue weighted by Gasteiger charge is 2.12. The van der Waals surface area contributed by atoms with Gasteiger partial charge in [0.05, 0.1) is 5.69 Å². The molecule has 51 valence electrons. The molecule has 1 heterocycles. The van der Waals surface area contributed by atoms with Gasteiger partial charge in [0.2, 0.25) is 0 Å². The molecule has 0 amide bonds. The maximum absolute atomic E-state index is 4.36. The zero-order valence-electron chi connectivity index (χ0n) is 5.47. The van der Waals surface area contributed by atoms with Crippen molar-refractivity contribution >= 4 is 28.3 Å². The molecule has 0 saturated carbocycles. The van der Waals surface area contributed by atoms with Gasteiger partial charge in [-0.05, 0) is 46.7 Å². The van der Waals surface area contributed by atoms with Crippen molar-refractivity contribution in [1.82, 2.24) is 5.32 Å². The van der Waals surface area contributed by atoms with Crippen LogP contribution in [0.4, 0.5) is 5.69 Å². The largest absolute Gasteiger partial charge is 0.285 e. The number of hydrogen-bond donors (Lipinski definition) is 0. The van der Waals surface area contributed by atoms with E-state index < -0.39 is 0 Å². The Morgan fingerprint density at radius 1 is 1.40 bits per heavy atom. The highest BCUT2D eigenvalue weighted by molar-refractivity contribution is 14.1. The van der Waals surface area contributed by atoms with Gasteiger partial charge in [-0.3, -0.25) is 5.32 Å². The molecule has 0 atom stereocenters. The van der Waals surface area contributed by atoms with E-state index in [1.165, 1.54) is 14.8 Å². The Morgan fingerprint density at radius 3 is 3.10 bits per heavy atom. The molecule has 1 aromatic carbocycles. The highest BCUT2D eigenvalue weighted by Crippen LogP contribution is 2.26. The molecule has 1 aliphatic rings. The summed E-state index contributed by atoms with van der Waals surface area (Å²) in [5, 5.41) is 4.36. The quantitative estimate of drug-likeness (QED) is 0.620. The number of benzene rings is 1. The second-order valence-corrected chi connectivity index (χ2v) is 3.53. The Balaban J connectivity index is 2.59. The van der Waals surface area contributed by atoms with Crippen molar-refractivity contribution in [3.63, 3.8) is 0 Å². The molecular weight excluding hydrogens is 237 g/mol. The minimum absolute atomic E-state index is 0.981. The Bertz CT molecular complexity index is 257. The van der Waals surface area contributed by atoms with Gasteiger partial charge in [0.25, 0.3) is 0 Å². The third-order valence-corrected chi connectivity index (χ3v) is 2.75. The van der Waals surface area contributed by atoms with E-state index in [2.05, 4.69) is 46.1 Å². The van der Waals surface area contributed by atoms with Crippen LogP contribution in [-0.2, 0) is 6.42 Å².